The van der Waals surface area contributed by atoms with E-state index >= 15 is 0 Å². The van der Waals surface area contributed by atoms with Crippen molar-refractivity contribution in [1.29, 1.82) is 5.26 Å². The van der Waals surface area contributed by atoms with E-state index in [4.69, 9.17) is 10.7 Å². The third kappa shape index (κ3) is 5.01. The van der Waals surface area contributed by atoms with Crippen LogP contribution in [0.4, 0.5) is 5.69 Å². The third-order valence-corrected chi connectivity index (χ3v) is 6.95. The quantitative estimate of drug-likeness (QED) is 0.409. The lowest BCUT2D eigenvalue weighted by atomic mass is 10.0. The first kappa shape index (κ1) is 25.2. The van der Waals surface area contributed by atoms with Crippen molar-refractivity contribution in [2.24, 2.45) is 5.73 Å². The fourth-order valence-corrected chi connectivity index (χ4v) is 4.94. The second-order valence-corrected chi connectivity index (χ2v) is 9.42. The van der Waals surface area contributed by atoms with Crippen LogP contribution < -0.4 is 11.1 Å². The molecule has 1 fully saturated rings. The van der Waals surface area contributed by atoms with Crippen molar-refractivity contribution < 1.29 is 9.59 Å². The molecule has 1 saturated heterocycles. The van der Waals surface area contributed by atoms with Crippen molar-refractivity contribution in [1.82, 2.24) is 14.8 Å². The third-order valence-electron chi connectivity index (χ3n) is 6.95. The summed E-state index contributed by atoms with van der Waals surface area (Å²) in [7, 11) is 0. The van der Waals surface area contributed by atoms with E-state index in [2.05, 4.69) is 17.5 Å². The Morgan fingerprint density at radius 1 is 0.947 bits per heavy atom. The number of piperazine rings is 1. The van der Waals surface area contributed by atoms with Crippen LogP contribution in [0.3, 0.4) is 0 Å². The smallest absolute Gasteiger partial charge is 0.253 e. The molecule has 0 unspecified atom stereocenters. The highest BCUT2D eigenvalue weighted by atomic mass is 16.2. The topological polar surface area (TPSA) is 115 Å². The Bertz CT molecular complexity index is 1570. The summed E-state index contributed by atoms with van der Waals surface area (Å²) < 4.78 is 0. The van der Waals surface area contributed by atoms with Gasteiger partial charge in [0.05, 0.1) is 28.5 Å². The fraction of sp³-hybridized carbons (Fsp3) is 0.267. The second-order valence-electron chi connectivity index (χ2n) is 9.42. The van der Waals surface area contributed by atoms with Crippen LogP contribution in [0.2, 0.25) is 0 Å². The SMILES string of the molecule is CCNc1cc2cc(C#N)ccc2nc1-c1ccc2cc(C(=O)N3CCN(C(=O)CCN)CC3)ccc2c1. The predicted octanol–water partition coefficient (Wildman–Crippen LogP) is 3.99. The Morgan fingerprint density at radius 2 is 1.68 bits per heavy atom. The van der Waals surface area contributed by atoms with E-state index in [0.29, 0.717) is 50.3 Å². The van der Waals surface area contributed by atoms with Crippen LogP contribution in [-0.2, 0) is 4.79 Å². The molecular weight excluding hydrogens is 476 g/mol. The maximum Gasteiger partial charge on any atom is 0.253 e. The number of carbonyl (C=O) groups excluding carboxylic acids is 2. The average Bonchev–Trinajstić information content (AvgIpc) is 2.96. The van der Waals surface area contributed by atoms with Crippen LogP contribution in [0.15, 0.2) is 60.7 Å². The lowest BCUT2D eigenvalue weighted by Gasteiger charge is -2.34. The number of benzene rings is 3. The summed E-state index contributed by atoms with van der Waals surface area (Å²) in [4.78, 5) is 33.8. The summed E-state index contributed by atoms with van der Waals surface area (Å²) in [5.41, 5.74) is 10.3. The standard InChI is InChI=1S/C30H30N6O2/c1-2-33-27-18-25-15-20(19-32)3-8-26(25)34-29(27)23-6-4-22-17-24(7-5-21(22)16-23)30(38)36-13-11-35(12-14-36)28(37)9-10-31/h3-8,15-18,33H,2,9-14,31H2,1H3. The average molecular weight is 507 g/mol. The predicted molar refractivity (Wildman–Crippen MR) is 150 cm³/mol. The maximum atomic E-state index is 13.2. The molecule has 3 aromatic carbocycles. The number of pyridine rings is 1. The van der Waals surface area contributed by atoms with E-state index in [-0.39, 0.29) is 11.8 Å². The van der Waals surface area contributed by atoms with E-state index < -0.39 is 0 Å². The van der Waals surface area contributed by atoms with E-state index in [1.54, 1.807) is 15.9 Å². The highest BCUT2D eigenvalue weighted by Crippen LogP contribution is 2.32. The van der Waals surface area contributed by atoms with Crippen LogP contribution in [-0.4, -0.2) is 65.9 Å². The molecule has 0 aliphatic carbocycles. The number of amides is 2. The number of nitrogens with one attached hydrogen (secondary N) is 1. The zero-order valence-corrected chi connectivity index (χ0v) is 21.4. The van der Waals surface area contributed by atoms with Gasteiger partial charge in [0.1, 0.15) is 0 Å². The van der Waals surface area contributed by atoms with Gasteiger partial charge in [0.2, 0.25) is 5.91 Å². The summed E-state index contributed by atoms with van der Waals surface area (Å²) >= 11 is 0. The number of hydrogen-bond donors (Lipinski definition) is 2. The molecule has 2 heterocycles. The number of nitrogens with zero attached hydrogens (tertiary/aromatic N) is 4. The molecule has 2 amide bonds. The molecule has 192 valence electrons. The van der Waals surface area contributed by atoms with Gasteiger partial charge in [-0.15, -0.1) is 0 Å². The molecule has 0 atom stereocenters. The molecule has 1 aliphatic rings. The van der Waals surface area contributed by atoms with Crippen molar-refractivity contribution in [3.8, 4) is 17.3 Å². The number of nitrogens with two attached hydrogens (primary N) is 1. The largest absolute Gasteiger partial charge is 0.384 e. The molecule has 8 heteroatoms. The molecule has 3 N–H and O–H groups in total. The summed E-state index contributed by atoms with van der Waals surface area (Å²) in [5, 5.41) is 15.6. The molecule has 5 rings (SSSR count). The highest BCUT2D eigenvalue weighted by Gasteiger charge is 2.24. The molecule has 38 heavy (non-hydrogen) atoms. The molecule has 0 spiro atoms. The summed E-state index contributed by atoms with van der Waals surface area (Å²) in [6.45, 7) is 5.22. The zero-order valence-electron chi connectivity index (χ0n) is 21.4. The molecule has 1 aliphatic heterocycles. The van der Waals surface area contributed by atoms with Crippen LogP contribution in [0.1, 0.15) is 29.3 Å². The normalized spacial score (nSPS) is 13.5. The zero-order chi connectivity index (χ0) is 26.6. The molecule has 0 radical (unpaired) electrons. The summed E-state index contributed by atoms with van der Waals surface area (Å²) in [5.74, 6) is 0.0236. The number of carbonyl (C=O) groups is 2. The van der Waals surface area contributed by atoms with Gasteiger partial charge in [-0.3, -0.25) is 9.59 Å². The number of nitriles is 1. The van der Waals surface area contributed by atoms with Crippen molar-refractivity contribution in [2.45, 2.75) is 13.3 Å². The van der Waals surface area contributed by atoms with Gasteiger partial charge in [0, 0.05) is 62.2 Å². The van der Waals surface area contributed by atoms with Gasteiger partial charge in [-0.25, -0.2) is 4.98 Å². The van der Waals surface area contributed by atoms with E-state index in [1.165, 1.54) is 0 Å². The summed E-state index contributed by atoms with van der Waals surface area (Å²) in [6.07, 6.45) is 0.341. The second kappa shape index (κ2) is 10.9. The molecule has 0 bridgehead atoms. The van der Waals surface area contributed by atoms with Crippen LogP contribution in [0.25, 0.3) is 32.9 Å². The molecular formula is C30H30N6O2. The van der Waals surface area contributed by atoms with Crippen molar-refractivity contribution in [3.05, 3.63) is 71.8 Å². The first-order valence-corrected chi connectivity index (χ1v) is 12.9. The fourth-order valence-electron chi connectivity index (χ4n) is 4.94. The first-order valence-electron chi connectivity index (χ1n) is 12.9. The Labute approximate surface area is 221 Å². The summed E-state index contributed by atoms with van der Waals surface area (Å²) in [6, 6.07) is 21.6. The Kier molecular flexibility index (Phi) is 7.20. The Balaban J connectivity index is 1.40. The number of anilines is 1. The minimum atomic E-state index is -0.0238. The minimum Gasteiger partial charge on any atom is -0.384 e. The number of hydrogen-bond acceptors (Lipinski definition) is 6. The van der Waals surface area contributed by atoms with E-state index in [9.17, 15) is 14.9 Å². The molecule has 1 aromatic heterocycles. The van der Waals surface area contributed by atoms with Crippen molar-refractivity contribution >= 4 is 39.2 Å². The van der Waals surface area contributed by atoms with E-state index in [1.807, 2.05) is 55.5 Å². The maximum absolute atomic E-state index is 13.2. The molecule has 0 saturated carbocycles. The lowest BCUT2D eigenvalue weighted by Crippen LogP contribution is -2.50. The minimum absolute atomic E-state index is 0.0238. The Morgan fingerprint density at radius 3 is 2.42 bits per heavy atom. The van der Waals surface area contributed by atoms with E-state index in [0.717, 1.165) is 45.2 Å². The van der Waals surface area contributed by atoms with Gasteiger partial charge >= 0.3 is 0 Å². The van der Waals surface area contributed by atoms with Gasteiger partial charge < -0.3 is 20.9 Å². The number of rotatable bonds is 6. The first-order chi connectivity index (χ1) is 18.5. The van der Waals surface area contributed by atoms with Crippen molar-refractivity contribution in [2.75, 3.05) is 44.6 Å². The molecule has 8 nitrogen and oxygen atoms in total. The van der Waals surface area contributed by atoms with Crippen LogP contribution >= 0.6 is 0 Å². The van der Waals surface area contributed by atoms with Gasteiger partial charge in [-0.05, 0) is 60.2 Å². The van der Waals surface area contributed by atoms with Crippen LogP contribution in [0.5, 0.6) is 0 Å². The number of fused-ring (bicyclic) bond motifs is 2. The lowest BCUT2D eigenvalue weighted by molar-refractivity contribution is -0.132. The van der Waals surface area contributed by atoms with Gasteiger partial charge in [-0.2, -0.15) is 5.26 Å². The Hall–Kier alpha value is -4.48. The monoisotopic (exact) mass is 506 g/mol. The molecule has 4 aromatic rings. The van der Waals surface area contributed by atoms with Crippen molar-refractivity contribution in [3.63, 3.8) is 0 Å². The van der Waals surface area contributed by atoms with Gasteiger partial charge in [0.15, 0.2) is 0 Å². The van der Waals surface area contributed by atoms with Gasteiger partial charge in [-0.1, -0.05) is 18.2 Å². The van der Waals surface area contributed by atoms with Crippen LogP contribution in [0, 0.1) is 11.3 Å². The number of aromatic nitrogens is 1. The van der Waals surface area contributed by atoms with Gasteiger partial charge in [0.25, 0.3) is 5.91 Å². The highest BCUT2D eigenvalue weighted by molar-refractivity contribution is 6.00.